The van der Waals surface area contributed by atoms with Gasteiger partial charge in [-0.1, -0.05) is 169 Å². The Morgan fingerprint density at radius 1 is 0.462 bits per heavy atom. The van der Waals surface area contributed by atoms with E-state index in [9.17, 15) is 39.6 Å². The number of carboxylic acids is 4. The van der Waals surface area contributed by atoms with E-state index < -0.39 is 41.1 Å². The maximum Gasteiger partial charge on any atom is 3.00 e. The minimum absolute atomic E-state index is 0. The molecule has 52 heavy (non-hydrogen) atoms. The number of quaternary nitrogens is 1. The first-order valence-corrected chi connectivity index (χ1v) is 17.1. The van der Waals surface area contributed by atoms with Crippen molar-refractivity contribution in [1.82, 2.24) is 6.15 Å². The van der Waals surface area contributed by atoms with Crippen molar-refractivity contribution >= 4 is 23.9 Å². The zero-order chi connectivity index (χ0) is 37.6. The second-order valence-corrected chi connectivity index (χ2v) is 11.5. The molecule has 0 atom stereocenters. The van der Waals surface area contributed by atoms with Crippen LogP contribution in [-0.4, -0.2) is 39.2 Å². The van der Waals surface area contributed by atoms with E-state index in [4.69, 9.17) is 15.3 Å². The van der Waals surface area contributed by atoms with Gasteiger partial charge in [0, 0.05) is 5.97 Å². The number of carbonyl (C=O) groups excluding carboxylic acids is 1. The number of rotatable bonds is 19. The first-order chi connectivity index (χ1) is 23.9. The summed E-state index contributed by atoms with van der Waals surface area (Å²) in [5.74, 6) is -5.78. The largest absolute Gasteiger partial charge is 3.00 e. The molecule has 13 heteroatoms. The molecule has 0 aliphatic rings. The summed E-state index contributed by atoms with van der Waals surface area (Å²) in [5.41, 5.74) is -0.535. The Morgan fingerprint density at radius 3 is 0.885 bits per heavy atom. The smallest absolute Gasteiger partial charge is 0.872 e. The van der Waals surface area contributed by atoms with Crippen LogP contribution in [-0.2, 0) is 21.9 Å². The standard InChI is InChI=1S/C18H36O2.3C7H6O3.Fe.H3N/c1-2-3-4-5-6-7-8-9-10-11-12-13-14-15-16-17-18(19)20;3*8-6-4-2-1-3-5(6)7(9)10;;/h2-17H2,1H3,(H,19,20);3*1-4,8H,(H,9,10);;1H3/q;;;;+3;/p-3. The van der Waals surface area contributed by atoms with Crippen molar-refractivity contribution in [2.24, 2.45) is 0 Å². The molecule has 0 spiro atoms. The van der Waals surface area contributed by atoms with Crippen LogP contribution in [0.1, 0.15) is 141 Å². The molecule has 7 N–H and O–H groups in total. The molecule has 3 rings (SSSR count). The number of para-hydroxylation sites is 3. The van der Waals surface area contributed by atoms with Gasteiger partial charge in [-0.25, -0.2) is 14.4 Å². The monoisotopic (exact) mass is 768 g/mol. The Hall–Kier alpha value is -4.58. The van der Waals surface area contributed by atoms with Gasteiger partial charge in [-0.05, 0) is 31.0 Å². The SMILES string of the molecule is CCCCCCCCCCCCCCCCCC(=O)[O-].O=C(O)c1ccccc1[O-].O=C(O)c1ccccc1[O-].O=C(O)c1ccccc1[O-].[Fe+3].[NH4+]. The molecule has 12 nitrogen and oxygen atoms in total. The van der Waals surface area contributed by atoms with Gasteiger partial charge in [0.15, 0.2) is 0 Å². The van der Waals surface area contributed by atoms with Crippen molar-refractivity contribution < 1.29 is 72.0 Å². The molecule has 0 fully saturated rings. The molecule has 0 saturated carbocycles. The van der Waals surface area contributed by atoms with Crippen molar-refractivity contribution in [3.63, 3.8) is 0 Å². The molecule has 0 amide bonds. The van der Waals surface area contributed by atoms with Crippen LogP contribution in [0.4, 0.5) is 0 Å². The number of carboxylic acid groups (broad SMARTS) is 4. The van der Waals surface area contributed by atoms with Crippen molar-refractivity contribution in [2.45, 2.75) is 110 Å². The van der Waals surface area contributed by atoms with E-state index in [1.165, 1.54) is 156 Å². The third kappa shape index (κ3) is 27.2. The fourth-order valence-electron chi connectivity index (χ4n) is 4.57. The Kier molecular flexibility index (Phi) is 33.4. The Morgan fingerprint density at radius 2 is 0.692 bits per heavy atom. The molecule has 3 aromatic carbocycles. The van der Waals surface area contributed by atoms with Gasteiger partial charge >= 0.3 is 35.0 Å². The molecule has 0 unspecified atom stereocenters. The summed E-state index contributed by atoms with van der Waals surface area (Å²) < 4.78 is 0. The fraction of sp³-hybridized carbons (Fsp3) is 0.436. The van der Waals surface area contributed by atoms with Gasteiger partial charge in [-0.3, -0.25) is 0 Å². The second kappa shape index (κ2) is 33.6. The van der Waals surface area contributed by atoms with Crippen LogP contribution in [0.2, 0.25) is 0 Å². The molecule has 0 aliphatic carbocycles. The molecular weight excluding hydrogens is 714 g/mol. The average molecular weight is 769 g/mol. The quantitative estimate of drug-likeness (QED) is 0.0732. The summed E-state index contributed by atoms with van der Waals surface area (Å²) >= 11 is 0. The molecule has 0 bridgehead atoms. The third-order valence-corrected chi connectivity index (χ3v) is 7.34. The number of hydrogen-bond acceptors (Lipinski definition) is 8. The van der Waals surface area contributed by atoms with Crippen LogP contribution in [0.3, 0.4) is 0 Å². The number of hydrogen-bond donors (Lipinski definition) is 4. The van der Waals surface area contributed by atoms with Gasteiger partial charge in [-0.2, -0.15) is 0 Å². The third-order valence-electron chi connectivity index (χ3n) is 7.34. The van der Waals surface area contributed by atoms with Gasteiger partial charge < -0.3 is 46.7 Å². The molecule has 289 valence electrons. The fourth-order valence-corrected chi connectivity index (χ4v) is 4.57. The van der Waals surface area contributed by atoms with E-state index in [1.54, 1.807) is 0 Å². The summed E-state index contributed by atoms with van der Waals surface area (Å²) in [6.07, 6.45) is 19.9. The topological polar surface area (TPSA) is 258 Å². The van der Waals surface area contributed by atoms with Gasteiger partial charge in [0.25, 0.3) is 0 Å². The summed E-state index contributed by atoms with van der Waals surface area (Å²) in [6.45, 7) is 2.27. The van der Waals surface area contributed by atoms with Gasteiger partial charge in [0.2, 0.25) is 0 Å². The minimum Gasteiger partial charge on any atom is -0.872 e. The first kappa shape index (κ1) is 51.8. The number of carbonyl (C=O) groups is 4. The van der Waals surface area contributed by atoms with Gasteiger partial charge in [0.1, 0.15) is 0 Å². The van der Waals surface area contributed by atoms with Crippen molar-refractivity contribution in [3.05, 3.63) is 89.5 Å². The maximum absolute atomic E-state index is 10.7. The molecule has 0 heterocycles. The van der Waals surface area contributed by atoms with E-state index in [0.29, 0.717) is 0 Å². The van der Waals surface area contributed by atoms with Crippen LogP contribution in [0.15, 0.2) is 72.8 Å². The Bertz CT molecular complexity index is 1270. The van der Waals surface area contributed by atoms with Gasteiger partial charge in [0.05, 0.1) is 16.7 Å². The number of aromatic carboxylic acids is 3. The molecule has 0 aliphatic heterocycles. The predicted molar refractivity (Wildman–Crippen MR) is 189 cm³/mol. The molecular formula is C39H54FeNO11. The Labute approximate surface area is 317 Å². The van der Waals surface area contributed by atoms with Crippen molar-refractivity contribution in [1.29, 1.82) is 0 Å². The van der Waals surface area contributed by atoms with E-state index in [0.717, 1.165) is 12.8 Å². The van der Waals surface area contributed by atoms with Crippen molar-refractivity contribution in [2.75, 3.05) is 0 Å². The average Bonchev–Trinajstić information content (AvgIpc) is 3.07. The summed E-state index contributed by atoms with van der Waals surface area (Å²) in [5, 5.41) is 67.4. The normalized spacial score (nSPS) is 9.48. The molecule has 0 aromatic heterocycles. The van der Waals surface area contributed by atoms with E-state index in [-0.39, 0.29) is 46.3 Å². The molecule has 3 aromatic rings. The zero-order valence-corrected chi connectivity index (χ0v) is 31.3. The summed E-state index contributed by atoms with van der Waals surface area (Å²) in [7, 11) is 0. The van der Waals surface area contributed by atoms with Crippen LogP contribution in [0.5, 0.6) is 17.2 Å². The van der Waals surface area contributed by atoms with Crippen molar-refractivity contribution in [3.8, 4) is 17.2 Å². The van der Waals surface area contributed by atoms with Crippen LogP contribution >= 0.6 is 0 Å². The summed E-state index contributed by atoms with van der Waals surface area (Å²) in [6, 6.07) is 16.6. The maximum atomic E-state index is 10.7. The minimum atomic E-state index is -1.18. The number of unbranched alkanes of at least 4 members (excludes halogenated alkanes) is 14. The number of aliphatic carboxylic acids is 1. The molecule has 1 radical (unpaired) electrons. The van der Waals surface area contributed by atoms with Crippen LogP contribution in [0, 0.1) is 0 Å². The van der Waals surface area contributed by atoms with Gasteiger partial charge in [-0.15, -0.1) is 0 Å². The zero-order valence-electron chi connectivity index (χ0n) is 30.2. The van der Waals surface area contributed by atoms with Crippen LogP contribution in [0.25, 0.3) is 0 Å². The van der Waals surface area contributed by atoms with Crippen LogP contribution < -0.4 is 26.6 Å². The first-order valence-electron chi connectivity index (χ1n) is 17.1. The summed E-state index contributed by atoms with van der Waals surface area (Å²) in [4.78, 5) is 40.9. The number of benzene rings is 3. The van der Waals surface area contributed by atoms with E-state index >= 15 is 0 Å². The predicted octanol–water partition coefficient (Wildman–Crippen LogP) is 6.75. The second-order valence-electron chi connectivity index (χ2n) is 11.5. The molecule has 0 saturated heterocycles. The van der Waals surface area contributed by atoms with E-state index in [2.05, 4.69) is 6.92 Å². The van der Waals surface area contributed by atoms with E-state index in [1.807, 2.05) is 0 Å². The Balaban J connectivity index is -0.000000641.